The smallest absolute Gasteiger partial charge is 0.184 e. The predicted molar refractivity (Wildman–Crippen MR) is 82.9 cm³/mol. The van der Waals surface area contributed by atoms with Crippen molar-refractivity contribution in [1.82, 2.24) is 4.98 Å². The van der Waals surface area contributed by atoms with Gasteiger partial charge in [-0.25, -0.2) is 0 Å². The maximum atomic E-state index is 5.84. The Hall–Kier alpha value is -2.43. The third-order valence-corrected chi connectivity index (χ3v) is 3.80. The number of hydrogen-bond donors (Lipinski definition) is 1. The number of pyridine rings is 1. The first-order valence-electron chi connectivity index (χ1n) is 6.92. The number of methoxy groups -OCH3 is 2. The molecule has 110 valence electrons. The number of benzene rings is 1. The van der Waals surface area contributed by atoms with Crippen LogP contribution in [-0.2, 0) is 13.0 Å². The van der Waals surface area contributed by atoms with Crippen LogP contribution in [0, 0.1) is 0 Å². The molecule has 3 rings (SSSR count). The summed E-state index contributed by atoms with van der Waals surface area (Å²) in [6.07, 6.45) is 2.75. The van der Waals surface area contributed by atoms with Crippen molar-refractivity contribution in [2.45, 2.75) is 13.0 Å². The van der Waals surface area contributed by atoms with Gasteiger partial charge in [0, 0.05) is 30.2 Å². The summed E-state index contributed by atoms with van der Waals surface area (Å²) in [5.74, 6) is 1.41. The van der Waals surface area contributed by atoms with Crippen LogP contribution in [0.3, 0.4) is 0 Å². The Balaban J connectivity index is 1.89. The molecule has 1 aliphatic rings. The van der Waals surface area contributed by atoms with Crippen molar-refractivity contribution in [2.24, 2.45) is 0 Å². The third kappa shape index (κ3) is 2.46. The minimum Gasteiger partial charge on any atom is -0.493 e. The van der Waals surface area contributed by atoms with E-state index in [0.29, 0.717) is 18.0 Å². The molecule has 1 aliphatic heterocycles. The molecule has 2 N–H and O–H groups in total. The lowest BCUT2D eigenvalue weighted by Crippen LogP contribution is -2.21. The first kappa shape index (κ1) is 13.5. The SMILES string of the molecule is COc1ccnc(CN2CCc3cc(N)ccc32)c1OC. The van der Waals surface area contributed by atoms with Gasteiger partial charge in [-0.1, -0.05) is 0 Å². The molecular formula is C16H19N3O2. The summed E-state index contributed by atoms with van der Waals surface area (Å²) in [4.78, 5) is 6.73. The van der Waals surface area contributed by atoms with Crippen molar-refractivity contribution in [3.05, 3.63) is 41.7 Å². The van der Waals surface area contributed by atoms with Crippen LogP contribution in [0.2, 0.25) is 0 Å². The fraction of sp³-hybridized carbons (Fsp3) is 0.312. The molecular weight excluding hydrogens is 266 g/mol. The first-order chi connectivity index (χ1) is 10.2. The molecule has 0 aliphatic carbocycles. The van der Waals surface area contributed by atoms with Gasteiger partial charge in [0.1, 0.15) is 5.69 Å². The van der Waals surface area contributed by atoms with Crippen molar-refractivity contribution in [3.63, 3.8) is 0 Å². The van der Waals surface area contributed by atoms with Gasteiger partial charge < -0.3 is 20.1 Å². The van der Waals surface area contributed by atoms with Crippen molar-refractivity contribution in [3.8, 4) is 11.5 Å². The Bertz CT molecular complexity index is 658. The van der Waals surface area contributed by atoms with Crippen molar-refractivity contribution < 1.29 is 9.47 Å². The van der Waals surface area contributed by atoms with E-state index >= 15 is 0 Å². The van der Waals surface area contributed by atoms with Gasteiger partial charge in [0.05, 0.1) is 20.8 Å². The van der Waals surface area contributed by atoms with Crippen molar-refractivity contribution >= 4 is 11.4 Å². The van der Waals surface area contributed by atoms with Crippen LogP contribution >= 0.6 is 0 Å². The molecule has 0 saturated heterocycles. The first-order valence-corrected chi connectivity index (χ1v) is 6.92. The van der Waals surface area contributed by atoms with E-state index in [1.54, 1.807) is 26.5 Å². The second-order valence-corrected chi connectivity index (χ2v) is 5.05. The number of rotatable bonds is 4. The fourth-order valence-electron chi connectivity index (χ4n) is 2.80. The zero-order chi connectivity index (χ0) is 14.8. The maximum Gasteiger partial charge on any atom is 0.184 e. The van der Waals surface area contributed by atoms with Crippen LogP contribution < -0.4 is 20.1 Å². The number of nitrogen functional groups attached to an aromatic ring is 1. The Morgan fingerprint density at radius 3 is 2.86 bits per heavy atom. The zero-order valence-corrected chi connectivity index (χ0v) is 12.3. The van der Waals surface area contributed by atoms with E-state index in [1.807, 2.05) is 12.1 Å². The number of aromatic nitrogens is 1. The normalized spacial score (nSPS) is 13.1. The Morgan fingerprint density at radius 2 is 2.10 bits per heavy atom. The average molecular weight is 285 g/mol. The summed E-state index contributed by atoms with van der Waals surface area (Å²) in [6, 6.07) is 7.87. The highest BCUT2D eigenvalue weighted by molar-refractivity contribution is 5.63. The highest BCUT2D eigenvalue weighted by atomic mass is 16.5. The number of fused-ring (bicyclic) bond motifs is 1. The van der Waals surface area contributed by atoms with Gasteiger partial charge in [-0.15, -0.1) is 0 Å². The van der Waals surface area contributed by atoms with Crippen molar-refractivity contribution in [2.75, 3.05) is 31.4 Å². The zero-order valence-electron chi connectivity index (χ0n) is 12.3. The molecule has 2 aromatic rings. The van der Waals surface area contributed by atoms with Crippen LogP contribution in [0.25, 0.3) is 0 Å². The molecule has 1 aromatic heterocycles. The van der Waals surface area contributed by atoms with E-state index in [9.17, 15) is 0 Å². The Kier molecular flexibility index (Phi) is 3.56. The van der Waals surface area contributed by atoms with Crippen LogP contribution in [-0.4, -0.2) is 25.7 Å². The summed E-state index contributed by atoms with van der Waals surface area (Å²) in [5, 5.41) is 0. The molecule has 0 radical (unpaired) electrons. The standard InChI is InChI=1S/C16H19N3O2/c1-20-15-5-7-18-13(16(15)21-2)10-19-8-6-11-9-12(17)3-4-14(11)19/h3-5,7,9H,6,8,10,17H2,1-2H3. The van der Waals surface area contributed by atoms with Gasteiger partial charge in [-0.3, -0.25) is 4.98 Å². The molecule has 0 unspecified atom stereocenters. The van der Waals surface area contributed by atoms with Gasteiger partial charge in [-0.2, -0.15) is 0 Å². The van der Waals surface area contributed by atoms with Gasteiger partial charge >= 0.3 is 0 Å². The van der Waals surface area contributed by atoms with Crippen LogP contribution in [0.15, 0.2) is 30.5 Å². The van der Waals surface area contributed by atoms with Gasteiger partial charge in [0.2, 0.25) is 0 Å². The second kappa shape index (κ2) is 5.52. The number of ether oxygens (including phenoxy) is 2. The number of anilines is 2. The third-order valence-electron chi connectivity index (χ3n) is 3.80. The highest BCUT2D eigenvalue weighted by Gasteiger charge is 2.22. The summed E-state index contributed by atoms with van der Waals surface area (Å²) in [5.41, 5.74) is 10.0. The lowest BCUT2D eigenvalue weighted by Gasteiger charge is -2.21. The minimum atomic E-state index is 0.692. The van der Waals surface area contributed by atoms with Gasteiger partial charge in [-0.05, 0) is 30.2 Å². The highest BCUT2D eigenvalue weighted by Crippen LogP contribution is 2.34. The number of nitrogens with zero attached hydrogens (tertiary/aromatic N) is 2. The molecule has 1 aromatic carbocycles. The van der Waals surface area contributed by atoms with E-state index in [-0.39, 0.29) is 0 Å². The fourth-order valence-corrected chi connectivity index (χ4v) is 2.80. The molecule has 2 heterocycles. The Labute approximate surface area is 124 Å². The largest absolute Gasteiger partial charge is 0.493 e. The van der Waals surface area contributed by atoms with E-state index in [2.05, 4.69) is 16.0 Å². The quantitative estimate of drug-likeness (QED) is 0.873. The molecule has 0 spiro atoms. The molecule has 0 saturated carbocycles. The van der Waals surface area contributed by atoms with Crippen molar-refractivity contribution in [1.29, 1.82) is 0 Å². The van der Waals surface area contributed by atoms with E-state index in [0.717, 1.165) is 24.3 Å². The van der Waals surface area contributed by atoms with E-state index in [1.165, 1.54) is 11.3 Å². The minimum absolute atomic E-state index is 0.692. The van der Waals surface area contributed by atoms with Crippen LogP contribution in [0.1, 0.15) is 11.3 Å². The van der Waals surface area contributed by atoms with E-state index < -0.39 is 0 Å². The summed E-state index contributed by atoms with van der Waals surface area (Å²) in [6.45, 7) is 1.65. The molecule has 0 amide bonds. The lowest BCUT2D eigenvalue weighted by atomic mass is 10.1. The maximum absolute atomic E-state index is 5.84. The van der Waals surface area contributed by atoms with E-state index in [4.69, 9.17) is 15.2 Å². The molecule has 0 fully saturated rings. The topological polar surface area (TPSA) is 60.6 Å². The Morgan fingerprint density at radius 1 is 1.24 bits per heavy atom. The van der Waals surface area contributed by atoms with Gasteiger partial charge in [0.15, 0.2) is 11.5 Å². The summed E-state index contributed by atoms with van der Waals surface area (Å²) in [7, 11) is 3.28. The molecule has 5 nitrogen and oxygen atoms in total. The summed E-state index contributed by atoms with van der Waals surface area (Å²) >= 11 is 0. The lowest BCUT2D eigenvalue weighted by molar-refractivity contribution is 0.349. The molecule has 5 heteroatoms. The molecule has 0 bridgehead atoms. The van der Waals surface area contributed by atoms with Crippen LogP contribution in [0.5, 0.6) is 11.5 Å². The number of hydrogen-bond acceptors (Lipinski definition) is 5. The van der Waals surface area contributed by atoms with Gasteiger partial charge in [0.25, 0.3) is 0 Å². The van der Waals surface area contributed by atoms with Crippen LogP contribution in [0.4, 0.5) is 11.4 Å². The molecule has 21 heavy (non-hydrogen) atoms. The second-order valence-electron chi connectivity index (χ2n) is 5.05. The average Bonchev–Trinajstić information content (AvgIpc) is 2.89. The molecule has 0 atom stereocenters. The summed E-state index contributed by atoms with van der Waals surface area (Å²) < 4.78 is 10.8. The predicted octanol–water partition coefficient (Wildman–Crippen LogP) is 2.24. The number of nitrogens with two attached hydrogens (primary N) is 1. The monoisotopic (exact) mass is 285 g/mol.